The Balaban J connectivity index is 1.88. The number of hydrogen-bond acceptors (Lipinski definition) is 6. The molecule has 0 fully saturated rings. The number of thioether (sulfide) groups is 1. The maximum absolute atomic E-state index is 11.5. The number of nitrogens with one attached hydrogen (secondary N) is 1. The van der Waals surface area contributed by atoms with Crippen molar-refractivity contribution in [3.05, 3.63) is 65.5 Å². The summed E-state index contributed by atoms with van der Waals surface area (Å²) in [5, 5.41) is 12.8. The van der Waals surface area contributed by atoms with E-state index in [-0.39, 0.29) is 11.7 Å². The van der Waals surface area contributed by atoms with Crippen LogP contribution in [0, 0.1) is 13.8 Å². The van der Waals surface area contributed by atoms with Crippen molar-refractivity contribution in [1.29, 1.82) is 0 Å². The number of anilines is 1. The van der Waals surface area contributed by atoms with Crippen LogP contribution >= 0.6 is 11.8 Å². The van der Waals surface area contributed by atoms with Gasteiger partial charge >= 0.3 is 5.97 Å². The summed E-state index contributed by atoms with van der Waals surface area (Å²) in [5.74, 6) is 0.667. The van der Waals surface area contributed by atoms with Gasteiger partial charge in [0.1, 0.15) is 0 Å². The number of para-hydroxylation sites is 2. The van der Waals surface area contributed by atoms with E-state index in [0.29, 0.717) is 11.7 Å². The van der Waals surface area contributed by atoms with Crippen molar-refractivity contribution < 1.29 is 9.53 Å². The van der Waals surface area contributed by atoms with Crippen LogP contribution in [0.4, 0.5) is 5.69 Å². The predicted octanol–water partition coefficient (Wildman–Crippen LogP) is 3.76. The maximum Gasteiger partial charge on any atom is 0.316 e. The number of carbonyl (C=O) groups excluding carboxylic acids is 1. The molecule has 1 aromatic heterocycles. The van der Waals surface area contributed by atoms with Gasteiger partial charge in [-0.1, -0.05) is 48.2 Å². The molecule has 140 valence electrons. The van der Waals surface area contributed by atoms with Crippen molar-refractivity contribution in [2.24, 2.45) is 0 Å². The van der Waals surface area contributed by atoms with Gasteiger partial charge in [0.2, 0.25) is 0 Å². The average molecular weight is 382 g/mol. The fraction of sp³-hybridized carbons (Fsp3) is 0.250. The Hall–Kier alpha value is -2.80. The second kappa shape index (κ2) is 8.73. The van der Waals surface area contributed by atoms with Crippen LogP contribution in [0.25, 0.3) is 5.69 Å². The summed E-state index contributed by atoms with van der Waals surface area (Å²) in [6, 6.07) is 16.1. The van der Waals surface area contributed by atoms with Crippen LogP contribution in [0.3, 0.4) is 0 Å². The van der Waals surface area contributed by atoms with E-state index in [4.69, 9.17) is 4.74 Å². The van der Waals surface area contributed by atoms with Crippen molar-refractivity contribution in [2.45, 2.75) is 25.5 Å². The summed E-state index contributed by atoms with van der Waals surface area (Å²) in [5.41, 5.74) is 4.42. The monoisotopic (exact) mass is 382 g/mol. The molecule has 0 bridgehead atoms. The molecule has 0 aliphatic carbocycles. The first-order valence-corrected chi connectivity index (χ1v) is 9.58. The molecule has 0 amide bonds. The third-order valence-electron chi connectivity index (χ3n) is 4.17. The zero-order chi connectivity index (χ0) is 19.2. The number of carbonyl (C=O) groups is 1. The van der Waals surface area contributed by atoms with Crippen molar-refractivity contribution in [1.82, 2.24) is 14.8 Å². The van der Waals surface area contributed by atoms with Gasteiger partial charge in [0.05, 0.1) is 19.4 Å². The van der Waals surface area contributed by atoms with Gasteiger partial charge in [0, 0.05) is 11.4 Å². The first-order chi connectivity index (χ1) is 13.1. The highest BCUT2D eigenvalue weighted by atomic mass is 32.2. The lowest BCUT2D eigenvalue weighted by molar-refractivity contribution is -0.137. The van der Waals surface area contributed by atoms with Gasteiger partial charge in [0.15, 0.2) is 11.0 Å². The number of ether oxygens (including phenoxy) is 1. The molecule has 1 heterocycles. The average Bonchev–Trinajstić information content (AvgIpc) is 3.09. The Bertz CT molecular complexity index is 905. The largest absolute Gasteiger partial charge is 0.468 e. The third kappa shape index (κ3) is 4.49. The van der Waals surface area contributed by atoms with E-state index >= 15 is 0 Å². The normalized spacial score (nSPS) is 10.6. The molecule has 0 spiro atoms. The standard InChI is InChI=1S/C20H22N4O2S/c1-14-8-7-9-15(2)19(14)21-12-17-22-23-20(27-13-18(25)26-3)24(17)16-10-5-4-6-11-16/h4-11,21H,12-13H2,1-3H3. The van der Waals surface area contributed by atoms with Gasteiger partial charge in [-0.25, -0.2) is 0 Å². The van der Waals surface area contributed by atoms with E-state index in [1.54, 1.807) is 0 Å². The van der Waals surface area contributed by atoms with Gasteiger partial charge in [0.25, 0.3) is 0 Å². The Morgan fingerprint density at radius 3 is 2.44 bits per heavy atom. The summed E-state index contributed by atoms with van der Waals surface area (Å²) >= 11 is 1.31. The molecule has 2 aromatic carbocycles. The maximum atomic E-state index is 11.5. The lowest BCUT2D eigenvalue weighted by Crippen LogP contribution is -2.10. The Morgan fingerprint density at radius 1 is 1.07 bits per heavy atom. The minimum Gasteiger partial charge on any atom is -0.468 e. The van der Waals surface area contributed by atoms with Gasteiger partial charge < -0.3 is 10.1 Å². The molecule has 0 saturated carbocycles. The van der Waals surface area contributed by atoms with Crippen molar-refractivity contribution in [3.63, 3.8) is 0 Å². The summed E-state index contributed by atoms with van der Waals surface area (Å²) in [4.78, 5) is 11.5. The summed E-state index contributed by atoms with van der Waals surface area (Å²) < 4.78 is 6.69. The highest BCUT2D eigenvalue weighted by Crippen LogP contribution is 2.24. The molecule has 7 heteroatoms. The molecule has 0 radical (unpaired) electrons. The van der Waals surface area contributed by atoms with Crippen LogP contribution < -0.4 is 5.32 Å². The Labute approximate surface area is 163 Å². The Kier molecular flexibility index (Phi) is 6.13. The number of methoxy groups -OCH3 is 1. The quantitative estimate of drug-likeness (QED) is 0.496. The summed E-state index contributed by atoms with van der Waals surface area (Å²) in [7, 11) is 1.38. The van der Waals surface area contributed by atoms with Crippen LogP contribution in [0.5, 0.6) is 0 Å². The number of aromatic nitrogens is 3. The van der Waals surface area contributed by atoms with Gasteiger partial charge in [-0.3, -0.25) is 9.36 Å². The first-order valence-electron chi connectivity index (χ1n) is 8.59. The topological polar surface area (TPSA) is 69.0 Å². The van der Waals surface area contributed by atoms with Crippen LogP contribution in [0.15, 0.2) is 53.7 Å². The van der Waals surface area contributed by atoms with Crippen LogP contribution in [-0.2, 0) is 16.1 Å². The lowest BCUT2D eigenvalue weighted by atomic mass is 10.1. The van der Waals surface area contributed by atoms with Crippen molar-refractivity contribution in [3.8, 4) is 5.69 Å². The van der Waals surface area contributed by atoms with E-state index in [0.717, 1.165) is 17.2 Å². The van der Waals surface area contributed by atoms with E-state index in [2.05, 4.69) is 41.5 Å². The molecule has 1 N–H and O–H groups in total. The highest BCUT2D eigenvalue weighted by molar-refractivity contribution is 7.99. The second-order valence-corrected chi connectivity index (χ2v) is 7.00. The SMILES string of the molecule is COC(=O)CSc1nnc(CNc2c(C)cccc2C)n1-c1ccccc1. The molecular weight excluding hydrogens is 360 g/mol. The zero-order valence-corrected chi connectivity index (χ0v) is 16.4. The fourth-order valence-corrected chi connectivity index (χ4v) is 3.59. The third-order valence-corrected chi connectivity index (χ3v) is 5.07. The van der Waals surface area contributed by atoms with E-state index in [1.807, 2.05) is 41.0 Å². The number of rotatable bonds is 7. The summed E-state index contributed by atoms with van der Waals surface area (Å²) in [6.07, 6.45) is 0. The van der Waals surface area contributed by atoms with Crippen molar-refractivity contribution >= 4 is 23.4 Å². The minimum atomic E-state index is -0.294. The second-order valence-electron chi connectivity index (χ2n) is 6.05. The number of nitrogens with zero attached hydrogens (tertiary/aromatic N) is 3. The number of hydrogen-bond donors (Lipinski definition) is 1. The molecule has 3 aromatic rings. The molecule has 3 rings (SSSR count). The van der Waals surface area contributed by atoms with E-state index in [9.17, 15) is 4.79 Å². The Morgan fingerprint density at radius 2 is 1.78 bits per heavy atom. The molecule has 27 heavy (non-hydrogen) atoms. The smallest absolute Gasteiger partial charge is 0.316 e. The molecule has 0 atom stereocenters. The van der Waals surface area contributed by atoms with Gasteiger partial charge in [-0.15, -0.1) is 10.2 Å². The molecule has 0 aliphatic rings. The molecule has 0 aliphatic heterocycles. The first kappa shape index (κ1) is 19.0. The minimum absolute atomic E-state index is 0.186. The summed E-state index contributed by atoms with van der Waals surface area (Å²) in [6.45, 7) is 4.68. The molecular formula is C20H22N4O2S. The molecule has 6 nitrogen and oxygen atoms in total. The van der Waals surface area contributed by atoms with E-state index < -0.39 is 0 Å². The van der Waals surface area contributed by atoms with Crippen molar-refractivity contribution in [2.75, 3.05) is 18.2 Å². The van der Waals surface area contributed by atoms with E-state index in [1.165, 1.54) is 30.0 Å². The predicted molar refractivity (Wildman–Crippen MR) is 107 cm³/mol. The highest BCUT2D eigenvalue weighted by Gasteiger charge is 2.16. The lowest BCUT2D eigenvalue weighted by Gasteiger charge is -2.14. The van der Waals surface area contributed by atoms with Crippen LogP contribution in [-0.4, -0.2) is 33.6 Å². The fourth-order valence-electron chi connectivity index (χ4n) is 2.79. The number of benzene rings is 2. The van der Waals surface area contributed by atoms with Crippen LogP contribution in [0.2, 0.25) is 0 Å². The molecule has 0 unspecified atom stereocenters. The van der Waals surface area contributed by atoms with Gasteiger partial charge in [-0.05, 0) is 37.1 Å². The number of esters is 1. The van der Waals surface area contributed by atoms with Crippen LogP contribution in [0.1, 0.15) is 17.0 Å². The zero-order valence-electron chi connectivity index (χ0n) is 15.6. The number of aryl methyl sites for hydroxylation is 2. The molecule has 0 saturated heterocycles. The van der Waals surface area contributed by atoms with Gasteiger partial charge in [-0.2, -0.15) is 0 Å².